The third kappa shape index (κ3) is 2.69. The van der Waals surface area contributed by atoms with Crippen molar-refractivity contribution < 1.29 is 14.0 Å². The molecule has 0 aliphatic carbocycles. The van der Waals surface area contributed by atoms with E-state index in [2.05, 4.69) is 15.7 Å². The van der Waals surface area contributed by atoms with Crippen molar-refractivity contribution in [2.75, 3.05) is 36.1 Å². The molecule has 2 aliphatic rings. The van der Waals surface area contributed by atoms with Crippen LogP contribution in [0, 0.1) is 5.82 Å². The summed E-state index contributed by atoms with van der Waals surface area (Å²) in [6.45, 7) is 1.36. The fraction of sp³-hybridized carbons (Fsp3) is 0.385. The van der Waals surface area contributed by atoms with E-state index in [0.717, 1.165) is 0 Å². The number of carbonyl (C=O) groups excluding carboxylic acids is 2. The summed E-state index contributed by atoms with van der Waals surface area (Å²) < 4.78 is 14.3. The lowest BCUT2D eigenvalue weighted by atomic mass is 10.2. The number of piperazine rings is 1. The summed E-state index contributed by atoms with van der Waals surface area (Å²) in [5.74, 6) is -1.15. The minimum Gasteiger partial charge on any atom is -0.368 e. The Morgan fingerprint density at radius 2 is 2.27 bits per heavy atom. The molecule has 2 amide bonds. The summed E-state index contributed by atoms with van der Waals surface area (Å²) >= 11 is 0. The number of hydrogen-bond acceptors (Lipinski definition) is 6. The summed E-state index contributed by atoms with van der Waals surface area (Å²) in [5, 5.41) is 11.7. The highest BCUT2D eigenvalue weighted by Gasteiger charge is 2.26. The van der Waals surface area contributed by atoms with Crippen LogP contribution in [-0.4, -0.2) is 44.0 Å². The van der Waals surface area contributed by atoms with E-state index in [-0.39, 0.29) is 19.0 Å². The minimum absolute atomic E-state index is 0.128. The van der Waals surface area contributed by atoms with Gasteiger partial charge in [0.15, 0.2) is 6.04 Å². The number of rotatable bonds is 3. The van der Waals surface area contributed by atoms with Crippen LogP contribution in [-0.2, 0) is 9.59 Å². The smallest absolute Gasteiger partial charge is 0.246 e. The van der Waals surface area contributed by atoms with Gasteiger partial charge in [-0.05, 0) is 12.1 Å². The topological polar surface area (TPSA) is 103 Å². The van der Waals surface area contributed by atoms with Crippen molar-refractivity contribution in [3.05, 3.63) is 24.0 Å². The molecule has 8 nitrogen and oxygen atoms in total. The van der Waals surface area contributed by atoms with E-state index in [4.69, 9.17) is 5.73 Å². The number of nitrogens with one attached hydrogen (secondary N) is 1. The van der Waals surface area contributed by atoms with Crippen molar-refractivity contribution in [3.8, 4) is 0 Å². The van der Waals surface area contributed by atoms with Gasteiger partial charge >= 0.3 is 0 Å². The molecule has 9 heteroatoms. The number of nitrogens with two attached hydrogens (primary N) is 1. The standard InChI is InChI=1S/C13H15FN6O2/c14-9-5-8(20-6-10(13(15)22)17-18-20)1-2-11(9)19-4-3-16-12(21)7-19/h1-2,5,10H,3-4,6-7H2,(H2,15,22)(H,16,21). The monoisotopic (exact) mass is 306 g/mol. The maximum atomic E-state index is 14.3. The normalized spacial score (nSPS) is 21.1. The van der Waals surface area contributed by atoms with E-state index >= 15 is 0 Å². The molecule has 116 valence electrons. The Balaban J connectivity index is 1.77. The van der Waals surface area contributed by atoms with Crippen LogP contribution in [0.5, 0.6) is 0 Å². The Hall–Kier alpha value is -2.71. The zero-order chi connectivity index (χ0) is 15.7. The van der Waals surface area contributed by atoms with Gasteiger partial charge in [0.25, 0.3) is 0 Å². The van der Waals surface area contributed by atoms with Crippen molar-refractivity contribution in [1.29, 1.82) is 0 Å². The van der Waals surface area contributed by atoms with E-state index in [1.807, 2.05) is 0 Å². The molecule has 0 bridgehead atoms. The van der Waals surface area contributed by atoms with E-state index in [0.29, 0.717) is 24.5 Å². The molecule has 22 heavy (non-hydrogen) atoms. The molecule has 3 rings (SSSR count). The fourth-order valence-corrected chi connectivity index (χ4v) is 2.42. The average molecular weight is 306 g/mol. The first-order chi connectivity index (χ1) is 10.5. The van der Waals surface area contributed by atoms with Crippen molar-refractivity contribution in [2.24, 2.45) is 16.1 Å². The first kappa shape index (κ1) is 14.2. The third-order valence-electron chi connectivity index (χ3n) is 3.58. The van der Waals surface area contributed by atoms with Gasteiger partial charge in [0.2, 0.25) is 11.8 Å². The van der Waals surface area contributed by atoms with Gasteiger partial charge in [0.1, 0.15) is 5.82 Å². The van der Waals surface area contributed by atoms with Gasteiger partial charge in [0, 0.05) is 19.2 Å². The van der Waals surface area contributed by atoms with Crippen LogP contribution in [0.1, 0.15) is 0 Å². The van der Waals surface area contributed by atoms with Crippen LogP contribution in [0.3, 0.4) is 0 Å². The third-order valence-corrected chi connectivity index (χ3v) is 3.58. The van der Waals surface area contributed by atoms with Gasteiger partial charge in [-0.25, -0.2) is 9.40 Å². The van der Waals surface area contributed by atoms with Crippen LogP contribution in [0.25, 0.3) is 0 Å². The fourth-order valence-electron chi connectivity index (χ4n) is 2.42. The zero-order valence-electron chi connectivity index (χ0n) is 11.7. The maximum Gasteiger partial charge on any atom is 0.246 e. The second kappa shape index (κ2) is 5.58. The highest BCUT2D eigenvalue weighted by atomic mass is 19.1. The highest BCUT2D eigenvalue weighted by molar-refractivity contribution is 5.83. The molecule has 0 radical (unpaired) electrons. The molecule has 1 saturated heterocycles. The molecule has 2 heterocycles. The van der Waals surface area contributed by atoms with Crippen molar-refractivity contribution in [2.45, 2.75) is 6.04 Å². The molecule has 1 aromatic rings. The van der Waals surface area contributed by atoms with Gasteiger partial charge in [-0.15, -0.1) is 0 Å². The molecular formula is C13H15FN6O2. The lowest BCUT2D eigenvalue weighted by Crippen LogP contribution is -2.48. The van der Waals surface area contributed by atoms with Crippen molar-refractivity contribution in [1.82, 2.24) is 5.32 Å². The quantitative estimate of drug-likeness (QED) is 0.807. The number of halogens is 1. The van der Waals surface area contributed by atoms with Gasteiger partial charge < -0.3 is 16.0 Å². The van der Waals surface area contributed by atoms with Crippen LogP contribution in [0.2, 0.25) is 0 Å². The first-order valence-electron chi connectivity index (χ1n) is 6.83. The Labute approximate surface area is 125 Å². The molecule has 1 atom stereocenters. The van der Waals surface area contributed by atoms with Crippen LogP contribution in [0.4, 0.5) is 15.8 Å². The van der Waals surface area contributed by atoms with Gasteiger partial charge in [0.05, 0.1) is 24.5 Å². The van der Waals surface area contributed by atoms with Crippen LogP contribution in [0.15, 0.2) is 28.5 Å². The molecule has 3 N–H and O–H groups in total. The van der Waals surface area contributed by atoms with E-state index in [9.17, 15) is 14.0 Å². The Morgan fingerprint density at radius 3 is 2.91 bits per heavy atom. The van der Waals surface area contributed by atoms with E-state index in [1.54, 1.807) is 17.0 Å². The number of amides is 2. The molecule has 1 fully saturated rings. The van der Waals surface area contributed by atoms with Gasteiger partial charge in [-0.3, -0.25) is 9.59 Å². The molecule has 0 saturated carbocycles. The van der Waals surface area contributed by atoms with Gasteiger partial charge in [-0.1, -0.05) is 5.22 Å². The molecule has 2 aliphatic heterocycles. The molecule has 1 aromatic carbocycles. The molecule has 0 aromatic heterocycles. The lowest BCUT2D eigenvalue weighted by molar-refractivity contribution is -0.120. The average Bonchev–Trinajstić information content (AvgIpc) is 2.97. The largest absolute Gasteiger partial charge is 0.368 e. The van der Waals surface area contributed by atoms with Crippen LogP contribution < -0.4 is 21.0 Å². The lowest BCUT2D eigenvalue weighted by Gasteiger charge is -2.29. The molecule has 1 unspecified atom stereocenters. The summed E-state index contributed by atoms with van der Waals surface area (Å²) in [6.07, 6.45) is 0. The van der Waals surface area contributed by atoms with Crippen molar-refractivity contribution in [3.63, 3.8) is 0 Å². The summed E-state index contributed by atoms with van der Waals surface area (Å²) in [5.41, 5.74) is 6.01. The summed E-state index contributed by atoms with van der Waals surface area (Å²) in [4.78, 5) is 24.1. The number of hydrogen-bond donors (Lipinski definition) is 2. The number of benzene rings is 1. The zero-order valence-corrected chi connectivity index (χ0v) is 11.7. The second-order valence-electron chi connectivity index (χ2n) is 5.11. The Morgan fingerprint density at radius 1 is 1.45 bits per heavy atom. The Bertz CT molecular complexity index is 649. The maximum absolute atomic E-state index is 14.3. The van der Waals surface area contributed by atoms with E-state index < -0.39 is 17.8 Å². The summed E-state index contributed by atoms with van der Waals surface area (Å²) in [6, 6.07) is 3.86. The Kier molecular flexibility index (Phi) is 3.61. The predicted octanol–water partition coefficient (Wildman–Crippen LogP) is -0.197. The van der Waals surface area contributed by atoms with Crippen LogP contribution >= 0.6 is 0 Å². The summed E-state index contributed by atoms with van der Waals surface area (Å²) in [7, 11) is 0. The second-order valence-corrected chi connectivity index (χ2v) is 5.11. The molecular weight excluding hydrogens is 291 g/mol. The number of anilines is 2. The number of primary amides is 1. The highest BCUT2D eigenvalue weighted by Crippen LogP contribution is 2.27. The number of carbonyl (C=O) groups is 2. The van der Waals surface area contributed by atoms with E-state index in [1.165, 1.54) is 11.1 Å². The first-order valence-corrected chi connectivity index (χ1v) is 6.83. The number of nitrogens with zero attached hydrogens (tertiary/aromatic N) is 4. The molecule has 0 spiro atoms. The SMILES string of the molecule is NC(=O)C1CN(c2ccc(N3CCNC(=O)C3)c(F)c2)N=N1. The van der Waals surface area contributed by atoms with Crippen molar-refractivity contribution >= 4 is 23.2 Å². The minimum atomic E-state index is -0.714. The van der Waals surface area contributed by atoms with Gasteiger partial charge in [-0.2, -0.15) is 5.11 Å². The predicted molar refractivity (Wildman–Crippen MR) is 76.8 cm³/mol.